The van der Waals surface area contributed by atoms with Crippen LogP contribution >= 0.6 is 181 Å². The zero-order valence-corrected chi connectivity index (χ0v) is 43.9. The highest BCUT2D eigenvalue weighted by Crippen LogP contribution is 2.34. The number of anilines is 1. The predicted molar refractivity (Wildman–Crippen MR) is 267 cm³/mol. The zero-order valence-electron chi connectivity index (χ0n) is 27.3. The predicted octanol–water partition coefficient (Wildman–Crippen LogP) is 3.70. The zero-order chi connectivity index (χ0) is 42.3. The highest BCUT2D eigenvalue weighted by atomic mass is 127. The molecule has 0 saturated heterocycles. The average Bonchev–Trinajstić information content (AvgIpc) is 3.12. The van der Waals surface area contributed by atoms with Crippen LogP contribution in [-0.4, -0.2) is 122 Å². The highest BCUT2D eigenvalue weighted by Gasteiger charge is 2.27. The molecular weight excluding hydrogens is 1550 g/mol. The van der Waals surface area contributed by atoms with Gasteiger partial charge in [0.25, 0.3) is 22.3 Å². The second kappa shape index (κ2) is 34.1. The maximum absolute atomic E-state index is 12.5. The van der Waals surface area contributed by atoms with Crippen molar-refractivity contribution in [1.29, 1.82) is 5.41 Å². The number of nitrogen functional groups attached to an aromatic ring is 1. The first-order valence-electron chi connectivity index (χ1n) is 13.7. The Morgan fingerprint density at radius 1 is 0.685 bits per heavy atom. The summed E-state index contributed by atoms with van der Waals surface area (Å²) in [5.74, 6) is -1.09. The van der Waals surface area contributed by atoms with Crippen LogP contribution in [0.3, 0.4) is 0 Å². The molecule has 0 aliphatic carbocycles. The van der Waals surface area contributed by atoms with Crippen LogP contribution in [0, 0.1) is 33.8 Å². The number of halogens is 9. The number of carbonyl (C=O) groups is 4. The van der Waals surface area contributed by atoms with Crippen molar-refractivity contribution in [1.82, 2.24) is 10.6 Å². The minimum Gasteiger partial charge on any atom is -0.397 e. The number of benzene rings is 2. The fourth-order valence-corrected chi connectivity index (χ4v) is 12.3. The van der Waals surface area contributed by atoms with Crippen LogP contribution in [-0.2, 0) is 4.79 Å². The maximum Gasteiger partial charge on any atom is 0.254 e. The van der Waals surface area contributed by atoms with E-state index >= 15 is 0 Å². The molecule has 2 aromatic rings. The normalized spacial score (nSPS) is 11.3. The molecule has 0 bridgehead atoms. The number of alkyl halides is 1. The number of aliphatic hydroxyl groups is 6. The molecule has 3 unspecified atom stereocenters. The van der Waals surface area contributed by atoms with Crippen molar-refractivity contribution in [2.45, 2.75) is 32.7 Å². The molecular formula is C29H38Cl2I7N5O11. The molecule has 0 aromatic heterocycles. The van der Waals surface area contributed by atoms with Crippen molar-refractivity contribution in [3.8, 4) is 0 Å². The molecule has 308 valence electrons. The molecule has 2 aromatic carbocycles. The van der Waals surface area contributed by atoms with Gasteiger partial charge in [-0.25, -0.2) is 10.2 Å². The second-order valence-corrected chi connectivity index (χ2v) is 16.4. The molecule has 2 amide bonds. The smallest absolute Gasteiger partial charge is 0.254 e. The van der Waals surface area contributed by atoms with E-state index in [4.69, 9.17) is 65.3 Å². The number of isocyanates is 1. The SMILES string of the molecule is C.CI.Cc1c(I)c(C(=O)Cl)c(I)c(C(=O)Cl)c1I.N=C=O.NCC(O)CO.Nc1c(I)c(C(=O)NCC(O)CO)c(I)c(C(=O)NCC(O)CO)c1I. The Hall–Kier alpha value is 1.31. The molecule has 54 heavy (non-hydrogen) atoms. The molecule has 0 saturated carbocycles. The van der Waals surface area contributed by atoms with Gasteiger partial charge in [0.2, 0.25) is 6.08 Å². The third-order valence-electron chi connectivity index (χ3n) is 5.64. The van der Waals surface area contributed by atoms with Crippen LogP contribution in [0.25, 0.3) is 0 Å². The fourth-order valence-electron chi connectivity index (χ4n) is 3.02. The summed E-state index contributed by atoms with van der Waals surface area (Å²) >= 11 is 24.8. The van der Waals surface area contributed by atoms with Gasteiger partial charge in [0, 0.05) is 33.9 Å². The number of aliphatic hydroxyl groups excluding tert-OH is 6. The number of hydrogen-bond acceptors (Lipinski definition) is 14. The van der Waals surface area contributed by atoms with Crippen molar-refractivity contribution >= 4 is 215 Å². The van der Waals surface area contributed by atoms with Crippen molar-refractivity contribution in [3.05, 3.63) is 49.2 Å². The lowest BCUT2D eigenvalue weighted by atomic mass is 10.1. The lowest BCUT2D eigenvalue weighted by molar-refractivity contribution is 0.0798. The van der Waals surface area contributed by atoms with Gasteiger partial charge in [0.05, 0.1) is 73.2 Å². The summed E-state index contributed by atoms with van der Waals surface area (Å²) < 4.78 is 3.30. The Bertz CT molecular complexity index is 1490. The summed E-state index contributed by atoms with van der Waals surface area (Å²) in [5, 5.41) is 61.9. The first-order chi connectivity index (χ1) is 24.7. The lowest BCUT2D eigenvalue weighted by Gasteiger charge is -2.18. The Labute approximate surface area is 417 Å². The summed E-state index contributed by atoms with van der Waals surface area (Å²) in [5.41, 5.74) is 13.1. The molecule has 3 atom stereocenters. The lowest BCUT2D eigenvalue weighted by Crippen LogP contribution is -2.37. The summed E-state index contributed by atoms with van der Waals surface area (Å²) in [6.45, 7) is 0.419. The van der Waals surface area contributed by atoms with E-state index in [1.807, 2.05) is 147 Å². The van der Waals surface area contributed by atoms with Gasteiger partial charge in [-0.1, -0.05) is 30.0 Å². The molecule has 16 nitrogen and oxygen atoms in total. The monoisotopic (exact) mass is 1590 g/mol. The van der Waals surface area contributed by atoms with Crippen molar-refractivity contribution < 1.29 is 54.6 Å². The van der Waals surface area contributed by atoms with Gasteiger partial charge >= 0.3 is 0 Å². The van der Waals surface area contributed by atoms with Crippen molar-refractivity contribution in [2.75, 3.05) is 50.1 Å². The third kappa shape index (κ3) is 21.0. The Kier molecular flexibility index (Phi) is 39.1. The van der Waals surface area contributed by atoms with E-state index in [0.29, 0.717) is 25.4 Å². The van der Waals surface area contributed by atoms with Crippen molar-refractivity contribution in [2.24, 2.45) is 5.73 Å². The van der Waals surface area contributed by atoms with Crippen LogP contribution < -0.4 is 22.1 Å². The topological polar surface area (TPSA) is 307 Å². The number of rotatable bonds is 12. The van der Waals surface area contributed by atoms with E-state index in [1.54, 1.807) is 0 Å². The van der Waals surface area contributed by atoms with Crippen LogP contribution in [0.5, 0.6) is 0 Å². The second-order valence-electron chi connectivity index (χ2n) is 9.24. The highest BCUT2D eigenvalue weighted by molar-refractivity contribution is 14.1. The molecule has 0 aliphatic rings. The van der Waals surface area contributed by atoms with Crippen LogP contribution in [0.2, 0.25) is 0 Å². The largest absolute Gasteiger partial charge is 0.397 e. The Morgan fingerprint density at radius 2 is 0.963 bits per heavy atom. The average molecular weight is 1590 g/mol. The van der Waals surface area contributed by atoms with E-state index in [9.17, 15) is 29.4 Å². The summed E-state index contributed by atoms with van der Waals surface area (Å²) in [7, 11) is 0. The first kappa shape index (κ1) is 62.0. The van der Waals surface area contributed by atoms with Gasteiger partial charge in [-0.15, -0.1) is 0 Å². The van der Waals surface area contributed by atoms with E-state index in [2.05, 4.69) is 33.2 Å². The molecule has 2 rings (SSSR count). The molecule has 0 spiro atoms. The standard InChI is InChI=1S/C14H18I3N3O6.C9H3Cl2I3O2.C3H9NO2.CH3I.CHNO.CH4/c15-9-7(13(25)19-1-5(23)3-21)10(16)12(18)11(17)8(9)14(26)20-2-6(24)4-22;1-2-5(12)3(8(10)15)7(14)4(6(2)13)9(11)16;4-1-3(6)2-5;1-2;2-1-3;/h5-6,21-24H,1-4,18H2,(H,19,25)(H,20,26);1H3;3,5-6H,1-2,4H2;1H3;2H;1H4. The van der Waals surface area contributed by atoms with Crippen LogP contribution in [0.4, 0.5) is 5.69 Å². The summed E-state index contributed by atoms with van der Waals surface area (Å²) in [4.78, 5) is 57.9. The van der Waals surface area contributed by atoms with Gasteiger partial charge in [-0.3, -0.25) is 19.2 Å². The van der Waals surface area contributed by atoms with Gasteiger partial charge < -0.3 is 52.7 Å². The van der Waals surface area contributed by atoms with Gasteiger partial charge in [0.15, 0.2) is 0 Å². The van der Waals surface area contributed by atoms with E-state index in [-0.39, 0.29) is 50.5 Å². The molecule has 0 fully saturated rings. The third-order valence-corrected chi connectivity index (χ3v) is 13.1. The molecule has 0 radical (unpaired) electrons. The van der Waals surface area contributed by atoms with E-state index in [1.165, 1.54) is 0 Å². The van der Waals surface area contributed by atoms with E-state index < -0.39 is 53.8 Å². The number of hydrogen-bond donors (Lipinski definition) is 11. The minimum absolute atomic E-state index is 0. The van der Waals surface area contributed by atoms with Gasteiger partial charge in [0.1, 0.15) is 0 Å². The van der Waals surface area contributed by atoms with Crippen molar-refractivity contribution in [3.63, 3.8) is 0 Å². The maximum atomic E-state index is 12.5. The first-order valence-corrected chi connectivity index (χ1v) is 23.1. The number of amides is 2. The van der Waals surface area contributed by atoms with Crippen LogP contribution in [0.1, 0.15) is 54.4 Å². The Morgan fingerprint density at radius 3 is 1.19 bits per heavy atom. The van der Waals surface area contributed by atoms with Gasteiger partial charge in [-0.05, 0) is 176 Å². The summed E-state index contributed by atoms with van der Waals surface area (Å²) in [6, 6.07) is 0. The van der Waals surface area contributed by atoms with E-state index in [0.717, 1.165) is 18.8 Å². The van der Waals surface area contributed by atoms with Gasteiger partial charge in [-0.2, -0.15) is 0 Å². The summed E-state index contributed by atoms with van der Waals surface area (Å²) in [6.07, 6.45) is -2.18. The van der Waals surface area contributed by atoms with Crippen LogP contribution in [0.15, 0.2) is 0 Å². The molecule has 0 heterocycles. The quantitative estimate of drug-likeness (QED) is 0.0361. The molecule has 13 N–H and O–H groups in total. The minimum atomic E-state index is -1.10. The molecule has 25 heteroatoms. The number of carbonyl (C=O) groups excluding carboxylic acids is 5. The number of nitrogens with two attached hydrogens (primary N) is 2. The number of nitrogens with one attached hydrogen (secondary N) is 3. The Balaban J connectivity index is -0.000000378. The fraction of sp³-hybridized carbons (Fsp3) is 0.414. The molecule has 0 aliphatic heterocycles.